The zero-order chi connectivity index (χ0) is 49.4. The molecule has 0 unspecified atom stereocenters. The number of likely N-dealkylation sites (N-methyl/N-ethyl adjacent to an activating group) is 1. The van der Waals surface area contributed by atoms with Crippen molar-refractivity contribution in [1.82, 2.24) is 46.0 Å². The van der Waals surface area contributed by atoms with Gasteiger partial charge in [-0.3, -0.25) is 33.9 Å². The number of aromatic nitrogens is 3. The van der Waals surface area contributed by atoms with E-state index in [1.54, 1.807) is 45.3 Å². The minimum absolute atomic E-state index is 0.00979. The topological polar surface area (TPSA) is 228 Å². The molecule has 0 bridgehead atoms. The van der Waals surface area contributed by atoms with E-state index >= 15 is 0 Å². The highest BCUT2D eigenvalue weighted by atomic mass is 16.6. The molecule has 1 fully saturated rings. The minimum Gasteiger partial charge on any atom is -0.444 e. The van der Waals surface area contributed by atoms with Crippen LogP contribution in [-0.2, 0) is 48.1 Å². The van der Waals surface area contributed by atoms with Gasteiger partial charge in [0, 0.05) is 50.4 Å². The van der Waals surface area contributed by atoms with Crippen LogP contribution in [0, 0.1) is 23.7 Å². The number of benzene rings is 1. The molecule has 6 amide bonds. The number of rotatable bonds is 23. The summed E-state index contributed by atoms with van der Waals surface area (Å²) in [6, 6.07) is 9.83. The van der Waals surface area contributed by atoms with Gasteiger partial charge in [-0.05, 0) is 81.9 Å². The van der Waals surface area contributed by atoms with E-state index in [2.05, 4.69) is 36.2 Å². The lowest BCUT2D eigenvalue weighted by Crippen LogP contribution is -2.59. The number of likely N-dealkylation sites (tertiary alicyclic amines) is 1. The number of aliphatic hydroxyl groups is 1. The van der Waals surface area contributed by atoms with Gasteiger partial charge < -0.3 is 41.0 Å². The maximum absolute atomic E-state index is 14.8. The number of nitrogens with one attached hydrogen (secondary N) is 5. The predicted molar refractivity (Wildman–Crippen MR) is 255 cm³/mol. The molecule has 8 atom stereocenters. The second-order valence-electron chi connectivity index (χ2n) is 19.6. The number of hydrogen-bond acceptors (Lipinski definition) is 10. The summed E-state index contributed by atoms with van der Waals surface area (Å²) in [4.78, 5) is 98.3. The molecule has 3 heterocycles. The van der Waals surface area contributed by atoms with E-state index in [1.807, 2.05) is 77.9 Å². The fraction of sp³-hybridized carbons (Fsp3) is 0.600. The Labute approximate surface area is 396 Å². The molecular weight excluding hydrogens is 855 g/mol. The highest BCUT2D eigenvalue weighted by molar-refractivity contribution is 5.94. The maximum Gasteiger partial charge on any atom is 0.410 e. The molecule has 368 valence electrons. The predicted octanol–water partition coefficient (Wildman–Crippen LogP) is 4.70. The third kappa shape index (κ3) is 16.5. The highest BCUT2D eigenvalue weighted by Gasteiger charge is 2.41. The molecule has 1 aromatic carbocycles. The van der Waals surface area contributed by atoms with Crippen LogP contribution in [0.5, 0.6) is 0 Å². The van der Waals surface area contributed by atoms with Crippen molar-refractivity contribution in [2.45, 2.75) is 156 Å². The molecule has 1 aliphatic heterocycles. The molecule has 0 spiro atoms. The van der Waals surface area contributed by atoms with Gasteiger partial charge in [0.25, 0.3) is 0 Å². The number of H-pyrrole nitrogens is 1. The molecule has 4 rings (SSSR count). The molecule has 17 heteroatoms. The van der Waals surface area contributed by atoms with Crippen molar-refractivity contribution in [1.29, 1.82) is 0 Å². The molecule has 0 saturated carbocycles. The average molecular weight is 930 g/mol. The van der Waals surface area contributed by atoms with Crippen LogP contribution in [0.25, 0.3) is 0 Å². The largest absolute Gasteiger partial charge is 0.444 e. The first-order chi connectivity index (χ1) is 31.7. The van der Waals surface area contributed by atoms with Crippen molar-refractivity contribution in [3.63, 3.8) is 0 Å². The zero-order valence-corrected chi connectivity index (χ0v) is 41.1. The van der Waals surface area contributed by atoms with Gasteiger partial charge in [0.2, 0.25) is 29.5 Å². The van der Waals surface area contributed by atoms with Crippen LogP contribution in [0.4, 0.5) is 4.79 Å². The van der Waals surface area contributed by atoms with E-state index in [9.17, 15) is 33.9 Å². The Kier molecular flexibility index (Phi) is 20.3. The summed E-state index contributed by atoms with van der Waals surface area (Å²) in [7, 11) is 1.50. The van der Waals surface area contributed by atoms with Crippen LogP contribution >= 0.6 is 0 Å². The van der Waals surface area contributed by atoms with E-state index in [-0.39, 0.29) is 55.4 Å². The summed E-state index contributed by atoms with van der Waals surface area (Å²) in [6.45, 7) is 17.3. The number of carbonyl (C=O) groups excluding carboxylic acids is 6. The molecule has 0 radical (unpaired) electrons. The lowest BCUT2D eigenvalue weighted by atomic mass is 9.85. The van der Waals surface area contributed by atoms with Crippen LogP contribution < -0.4 is 21.3 Å². The van der Waals surface area contributed by atoms with E-state index < -0.39 is 71.6 Å². The molecule has 6 N–H and O–H groups in total. The maximum atomic E-state index is 14.8. The molecule has 2 aromatic heterocycles. The van der Waals surface area contributed by atoms with E-state index in [4.69, 9.17) is 4.74 Å². The molecule has 3 aromatic rings. The van der Waals surface area contributed by atoms with Crippen molar-refractivity contribution >= 4 is 35.6 Å². The lowest BCUT2D eigenvalue weighted by molar-refractivity contribution is -0.143. The number of pyridine rings is 1. The van der Waals surface area contributed by atoms with Crippen LogP contribution in [0.3, 0.4) is 0 Å². The van der Waals surface area contributed by atoms with Crippen molar-refractivity contribution in [2.75, 3.05) is 13.6 Å². The molecule has 1 aliphatic rings. The van der Waals surface area contributed by atoms with Crippen molar-refractivity contribution in [3.8, 4) is 0 Å². The van der Waals surface area contributed by atoms with Crippen LogP contribution in [0.2, 0.25) is 0 Å². The SMILES string of the molecule is CC[C@@H](C)[C@@H](NC(=O)[C@@H](C[C@H](O)[C@H](CC(C)C)NC(=O)[C@H](Cc1cnc[nH]1)N(C)C(=O)[C@H](Cc1ccccc1)NC(=O)[C@@H]1CCCN1C(=O)OC(C)(C)C)C(C)C)C(=O)NCc1ccccn1. The first-order valence-electron chi connectivity index (χ1n) is 23.7. The first kappa shape index (κ1) is 53.8. The zero-order valence-electron chi connectivity index (χ0n) is 41.1. The summed E-state index contributed by atoms with van der Waals surface area (Å²) in [5, 5.41) is 23.8. The summed E-state index contributed by atoms with van der Waals surface area (Å²) >= 11 is 0. The van der Waals surface area contributed by atoms with Gasteiger partial charge in [0.1, 0.15) is 29.8 Å². The number of carbonyl (C=O) groups is 6. The average Bonchev–Trinajstić information content (AvgIpc) is 4.00. The number of ether oxygens (including phenoxy) is 1. The first-order valence-corrected chi connectivity index (χ1v) is 23.7. The summed E-state index contributed by atoms with van der Waals surface area (Å²) < 4.78 is 5.60. The second-order valence-corrected chi connectivity index (χ2v) is 19.6. The number of aromatic amines is 1. The summed E-state index contributed by atoms with van der Waals surface area (Å²) in [5.41, 5.74) is 1.25. The van der Waals surface area contributed by atoms with Crippen molar-refractivity contribution in [3.05, 3.63) is 84.2 Å². The molecular formula is C50H75N9O8. The standard InChI is InChI=1S/C50H75N9O8/c1-11-33(6)43(47(64)53-29-35-20-15-16-22-52-35)57-44(61)37(32(4)5)27-42(60)38(24-31(2)3)55-46(63)41(26-36-28-51-30-54-36)58(10)48(65)39(25-34-18-13-12-14-19-34)56-45(62)40-21-17-23-59(40)49(66)67-50(7,8)9/h12-16,18-20,22,28,30-33,37-43,60H,11,17,21,23-27,29H2,1-10H3,(H,51,54)(H,53,64)(H,55,63)(H,56,62)(H,57,61)/t33-,37+,38+,39+,40+,41+,42+,43-/m1/s1. The Balaban J connectivity index is 1.57. The number of imidazole rings is 1. The number of amides is 6. The normalized spacial score (nSPS) is 17.1. The molecule has 67 heavy (non-hydrogen) atoms. The van der Waals surface area contributed by atoms with Crippen LogP contribution in [-0.4, -0.2) is 121 Å². The van der Waals surface area contributed by atoms with Crippen molar-refractivity contribution in [2.24, 2.45) is 23.7 Å². The second kappa shape index (κ2) is 25.3. The van der Waals surface area contributed by atoms with Gasteiger partial charge in [-0.25, -0.2) is 9.78 Å². The third-order valence-corrected chi connectivity index (χ3v) is 12.3. The molecule has 0 aliphatic carbocycles. The smallest absolute Gasteiger partial charge is 0.410 e. The van der Waals surface area contributed by atoms with E-state index in [1.165, 1.54) is 23.2 Å². The molecule has 17 nitrogen and oxygen atoms in total. The number of nitrogens with zero attached hydrogens (tertiary/aromatic N) is 4. The molecule has 1 saturated heterocycles. The summed E-state index contributed by atoms with van der Waals surface area (Å²) in [5.74, 6) is -3.49. The Morgan fingerprint density at radius 1 is 0.910 bits per heavy atom. The van der Waals surface area contributed by atoms with Crippen molar-refractivity contribution < 1.29 is 38.6 Å². The summed E-state index contributed by atoms with van der Waals surface area (Å²) in [6.07, 6.45) is 4.92. The Morgan fingerprint density at radius 3 is 2.21 bits per heavy atom. The van der Waals surface area contributed by atoms with E-state index in [0.717, 1.165) is 5.56 Å². The number of hydrogen-bond donors (Lipinski definition) is 6. The highest BCUT2D eigenvalue weighted by Crippen LogP contribution is 2.25. The van der Waals surface area contributed by atoms with Gasteiger partial charge in [0.05, 0.1) is 30.7 Å². The Hall–Kier alpha value is -5.84. The van der Waals surface area contributed by atoms with Gasteiger partial charge in [-0.1, -0.05) is 84.4 Å². The van der Waals surface area contributed by atoms with Gasteiger partial charge in [0.15, 0.2) is 0 Å². The van der Waals surface area contributed by atoms with Crippen LogP contribution in [0.1, 0.15) is 111 Å². The Bertz CT molecular complexity index is 2040. The fourth-order valence-electron chi connectivity index (χ4n) is 8.26. The Morgan fingerprint density at radius 2 is 1.61 bits per heavy atom. The quantitative estimate of drug-likeness (QED) is 0.0768. The van der Waals surface area contributed by atoms with E-state index in [0.29, 0.717) is 43.6 Å². The van der Waals surface area contributed by atoms with Crippen LogP contribution in [0.15, 0.2) is 67.3 Å². The third-order valence-electron chi connectivity index (χ3n) is 12.3. The van der Waals surface area contributed by atoms with Gasteiger partial charge in [-0.15, -0.1) is 0 Å². The van der Waals surface area contributed by atoms with Gasteiger partial charge >= 0.3 is 6.09 Å². The monoisotopic (exact) mass is 930 g/mol. The number of aliphatic hydroxyl groups excluding tert-OH is 1. The fourth-order valence-corrected chi connectivity index (χ4v) is 8.26. The lowest BCUT2D eigenvalue weighted by Gasteiger charge is -2.35. The minimum atomic E-state index is -1.19. The van der Waals surface area contributed by atoms with Gasteiger partial charge in [-0.2, -0.15) is 0 Å².